The fourth-order valence-electron chi connectivity index (χ4n) is 0.700. The lowest BCUT2D eigenvalue weighted by molar-refractivity contribution is 0.322. The van der Waals surface area contributed by atoms with Crippen LogP contribution in [0.1, 0.15) is 33.1 Å². The van der Waals surface area contributed by atoms with E-state index in [1.807, 2.05) is 13.0 Å². The Kier molecular flexibility index (Phi) is 5.83. The van der Waals surface area contributed by atoms with Crippen molar-refractivity contribution in [2.45, 2.75) is 33.1 Å². The van der Waals surface area contributed by atoms with E-state index in [0.29, 0.717) is 0 Å². The number of allylic oxidation sites excluding steroid dienone is 2. The van der Waals surface area contributed by atoms with Crippen molar-refractivity contribution in [3.63, 3.8) is 0 Å². The van der Waals surface area contributed by atoms with E-state index in [0.717, 1.165) is 6.42 Å². The molecular formula is C8H15NO. The molecule has 0 bridgehead atoms. The Morgan fingerprint density at radius 2 is 2.30 bits per heavy atom. The van der Waals surface area contributed by atoms with Crippen LogP contribution >= 0.6 is 0 Å². The third kappa shape index (κ3) is 5.35. The summed E-state index contributed by atoms with van der Waals surface area (Å²) in [6.45, 7) is 4.20. The first kappa shape index (κ1) is 9.21. The van der Waals surface area contributed by atoms with Gasteiger partial charge in [-0.15, -0.1) is 0 Å². The van der Waals surface area contributed by atoms with Gasteiger partial charge in [-0.25, -0.2) is 0 Å². The van der Waals surface area contributed by atoms with Crippen LogP contribution in [0.2, 0.25) is 0 Å². The zero-order valence-electron chi connectivity index (χ0n) is 6.67. The Morgan fingerprint density at radius 1 is 1.60 bits per heavy atom. The smallest absolute Gasteiger partial charge is 0.0660 e. The molecule has 0 heterocycles. The third-order valence-corrected chi connectivity index (χ3v) is 1.35. The van der Waals surface area contributed by atoms with Gasteiger partial charge in [0.2, 0.25) is 0 Å². The average Bonchev–Trinajstić information content (AvgIpc) is 1.97. The topological polar surface area (TPSA) is 32.6 Å². The summed E-state index contributed by atoms with van der Waals surface area (Å²) in [6, 6.07) is 0. The fraction of sp³-hybridized carbons (Fsp3) is 0.625. The summed E-state index contributed by atoms with van der Waals surface area (Å²) in [5.74, 6) is 0. The molecule has 0 aliphatic rings. The number of oxime groups is 1. The van der Waals surface area contributed by atoms with Gasteiger partial charge < -0.3 is 5.21 Å². The van der Waals surface area contributed by atoms with Gasteiger partial charge in [0, 0.05) is 0 Å². The van der Waals surface area contributed by atoms with Crippen molar-refractivity contribution in [1.29, 1.82) is 0 Å². The Balaban J connectivity index is 3.49. The normalized spacial score (nSPS) is 12.8. The van der Waals surface area contributed by atoms with Gasteiger partial charge in [-0.2, -0.15) is 0 Å². The molecule has 0 aromatic rings. The first-order valence-electron chi connectivity index (χ1n) is 3.64. The molecule has 0 rings (SSSR count). The highest BCUT2D eigenvalue weighted by molar-refractivity contribution is 5.71. The summed E-state index contributed by atoms with van der Waals surface area (Å²) in [4.78, 5) is 0. The standard InChI is InChI=1S/C8H15NO/c1-3-4-5-8(2)6-7-9-10/h6-7,10H,3-5H2,1-2H3/b8-6+,9-7+. The first-order chi connectivity index (χ1) is 4.81. The molecule has 10 heavy (non-hydrogen) atoms. The Morgan fingerprint density at radius 3 is 2.80 bits per heavy atom. The minimum atomic E-state index is 1.10. The van der Waals surface area contributed by atoms with Gasteiger partial charge in [-0.05, 0) is 25.8 Å². The minimum absolute atomic E-state index is 1.10. The van der Waals surface area contributed by atoms with Gasteiger partial charge >= 0.3 is 0 Å². The van der Waals surface area contributed by atoms with E-state index in [1.54, 1.807) is 0 Å². The second kappa shape index (κ2) is 6.33. The number of rotatable bonds is 4. The van der Waals surface area contributed by atoms with Crippen molar-refractivity contribution in [2.24, 2.45) is 5.16 Å². The lowest BCUT2D eigenvalue weighted by Crippen LogP contribution is -1.77. The van der Waals surface area contributed by atoms with E-state index in [2.05, 4.69) is 12.1 Å². The van der Waals surface area contributed by atoms with Crippen LogP contribution in [-0.4, -0.2) is 11.4 Å². The van der Waals surface area contributed by atoms with Gasteiger partial charge in [-0.3, -0.25) is 0 Å². The lowest BCUT2D eigenvalue weighted by atomic mass is 10.1. The Labute approximate surface area is 62.2 Å². The van der Waals surface area contributed by atoms with Crippen LogP contribution in [-0.2, 0) is 0 Å². The molecule has 0 aliphatic carbocycles. The van der Waals surface area contributed by atoms with E-state index >= 15 is 0 Å². The van der Waals surface area contributed by atoms with Crippen molar-refractivity contribution in [3.8, 4) is 0 Å². The molecule has 2 nitrogen and oxygen atoms in total. The summed E-state index contributed by atoms with van der Waals surface area (Å²) in [7, 11) is 0. The molecule has 0 saturated carbocycles. The van der Waals surface area contributed by atoms with E-state index in [4.69, 9.17) is 5.21 Å². The van der Waals surface area contributed by atoms with Crippen molar-refractivity contribution >= 4 is 6.21 Å². The highest BCUT2D eigenvalue weighted by Crippen LogP contribution is 2.04. The molecule has 2 heteroatoms. The van der Waals surface area contributed by atoms with E-state index in [1.165, 1.54) is 24.6 Å². The quantitative estimate of drug-likeness (QED) is 0.364. The van der Waals surface area contributed by atoms with Crippen LogP contribution in [0.4, 0.5) is 0 Å². The maximum Gasteiger partial charge on any atom is 0.0660 e. The number of hydrogen-bond donors (Lipinski definition) is 1. The molecule has 0 aromatic heterocycles. The van der Waals surface area contributed by atoms with Crippen molar-refractivity contribution in [1.82, 2.24) is 0 Å². The number of hydrogen-bond acceptors (Lipinski definition) is 2. The van der Waals surface area contributed by atoms with Gasteiger partial charge in [0.1, 0.15) is 0 Å². The first-order valence-corrected chi connectivity index (χ1v) is 3.64. The predicted molar refractivity (Wildman–Crippen MR) is 43.6 cm³/mol. The molecule has 0 aliphatic heterocycles. The number of unbranched alkanes of at least 4 members (excludes halogenated alkanes) is 1. The molecule has 0 atom stereocenters. The monoisotopic (exact) mass is 141 g/mol. The van der Waals surface area contributed by atoms with Crippen molar-refractivity contribution < 1.29 is 5.21 Å². The highest BCUT2D eigenvalue weighted by Gasteiger charge is 1.85. The summed E-state index contributed by atoms with van der Waals surface area (Å²) in [5, 5.41) is 10.9. The van der Waals surface area contributed by atoms with Crippen LogP contribution < -0.4 is 0 Å². The summed E-state index contributed by atoms with van der Waals surface area (Å²) in [5.41, 5.74) is 1.26. The van der Waals surface area contributed by atoms with Crippen LogP contribution in [0.25, 0.3) is 0 Å². The maximum absolute atomic E-state index is 8.07. The lowest BCUT2D eigenvalue weighted by Gasteiger charge is -1.94. The van der Waals surface area contributed by atoms with Gasteiger partial charge in [0.05, 0.1) is 6.21 Å². The zero-order chi connectivity index (χ0) is 7.82. The van der Waals surface area contributed by atoms with Crippen LogP contribution in [0.5, 0.6) is 0 Å². The van der Waals surface area contributed by atoms with Crippen molar-refractivity contribution in [2.75, 3.05) is 0 Å². The second-order valence-electron chi connectivity index (χ2n) is 2.38. The van der Waals surface area contributed by atoms with E-state index in [-0.39, 0.29) is 0 Å². The molecule has 0 saturated heterocycles. The fourth-order valence-corrected chi connectivity index (χ4v) is 0.700. The van der Waals surface area contributed by atoms with Crippen LogP contribution in [0, 0.1) is 0 Å². The third-order valence-electron chi connectivity index (χ3n) is 1.35. The molecular weight excluding hydrogens is 126 g/mol. The molecule has 58 valence electrons. The summed E-state index contributed by atoms with van der Waals surface area (Å²) in [6.07, 6.45) is 6.76. The van der Waals surface area contributed by atoms with Crippen LogP contribution in [0.3, 0.4) is 0 Å². The molecule has 0 aromatic carbocycles. The van der Waals surface area contributed by atoms with Crippen LogP contribution in [0.15, 0.2) is 16.8 Å². The molecule has 0 unspecified atom stereocenters. The van der Waals surface area contributed by atoms with E-state index in [9.17, 15) is 0 Å². The van der Waals surface area contributed by atoms with Crippen molar-refractivity contribution in [3.05, 3.63) is 11.6 Å². The minimum Gasteiger partial charge on any atom is -0.411 e. The average molecular weight is 141 g/mol. The molecule has 1 N–H and O–H groups in total. The zero-order valence-corrected chi connectivity index (χ0v) is 6.67. The molecule has 0 spiro atoms. The van der Waals surface area contributed by atoms with E-state index < -0.39 is 0 Å². The molecule has 0 amide bonds. The predicted octanol–water partition coefficient (Wildman–Crippen LogP) is 2.58. The molecule has 0 fully saturated rings. The Hall–Kier alpha value is -0.790. The maximum atomic E-state index is 8.07. The largest absolute Gasteiger partial charge is 0.411 e. The second-order valence-corrected chi connectivity index (χ2v) is 2.38. The number of nitrogens with zero attached hydrogens (tertiary/aromatic N) is 1. The molecule has 0 radical (unpaired) electrons. The summed E-state index contributed by atoms with van der Waals surface area (Å²) < 4.78 is 0. The van der Waals surface area contributed by atoms with Gasteiger partial charge in [0.15, 0.2) is 0 Å². The highest BCUT2D eigenvalue weighted by atomic mass is 16.4. The SMILES string of the molecule is CCCC/C(C)=C/C=N/O. The summed E-state index contributed by atoms with van der Waals surface area (Å²) >= 11 is 0. The van der Waals surface area contributed by atoms with Gasteiger partial charge in [0.25, 0.3) is 0 Å². The Bertz CT molecular complexity index is 127. The van der Waals surface area contributed by atoms with Gasteiger partial charge in [-0.1, -0.05) is 24.1 Å².